The Bertz CT molecular complexity index is 362. The normalized spacial score (nSPS) is 28.3. The van der Waals surface area contributed by atoms with Gasteiger partial charge in [-0.25, -0.2) is 0 Å². The van der Waals surface area contributed by atoms with E-state index in [9.17, 15) is 0 Å². The molecule has 2 unspecified atom stereocenters. The summed E-state index contributed by atoms with van der Waals surface area (Å²) < 4.78 is 0. The molecule has 1 aromatic carbocycles. The Hall–Kier alpha value is -0.820. The van der Waals surface area contributed by atoms with Crippen molar-refractivity contribution >= 4 is 0 Å². The number of hydrogen-bond acceptors (Lipinski definition) is 1. The molecule has 1 heteroatoms. The number of aryl methyl sites for hydroxylation is 1. The van der Waals surface area contributed by atoms with E-state index in [0.717, 1.165) is 30.8 Å². The monoisotopic (exact) mass is 245 g/mol. The fourth-order valence-electron chi connectivity index (χ4n) is 3.33. The Morgan fingerprint density at radius 2 is 1.89 bits per heavy atom. The van der Waals surface area contributed by atoms with E-state index in [0.29, 0.717) is 0 Å². The molecule has 0 bridgehead atoms. The molecule has 1 N–H and O–H groups in total. The molecule has 2 atom stereocenters. The van der Waals surface area contributed by atoms with Gasteiger partial charge in [0, 0.05) is 6.04 Å². The average Bonchev–Trinajstić information content (AvgIpc) is 2.33. The zero-order chi connectivity index (χ0) is 13.0. The van der Waals surface area contributed by atoms with Gasteiger partial charge in [0.15, 0.2) is 0 Å². The third kappa shape index (κ3) is 3.58. The maximum absolute atomic E-state index is 3.79. The molecule has 0 heterocycles. The smallest absolute Gasteiger partial charge is 0.0118 e. The minimum absolute atomic E-state index is 0.726. The Balaban J connectivity index is 1.81. The van der Waals surface area contributed by atoms with Crippen LogP contribution in [0.2, 0.25) is 0 Å². The predicted octanol–water partition coefficient (Wildman–Crippen LogP) is 3.95. The molecule has 0 amide bonds. The fourth-order valence-corrected chi connectivity index (χ4v) is 3.33. The molecule has 0 aromatic heterocycles. The molecular weight excluding hydrogens is 218 g/mol. The molecule has 0 radical (unpaired) electrons. The number of nitrogens with one attached hydrogen (secondary N) is 1. The van der Waals surface area contributed by atoms with Gasteiger partial charge in [0.25, 0.3) is 0 Å². The summed E-state index contributed by atoms with van der Waals surface area (Å²) in [6.07, 6.45) is 5.36. The van der Waals surface area contributed by atoms with E-state index in [4.69, 9.17) is 0 Å². The Kier molecular flexibility index (Phi) is 4.82. The van der Waals surface area contributed by atoms with Crippen molar-refractivity contribution in [3.63, 3.8) is 0 Å². The molecule has 1 aliphatic carbocycles. The molecule has 0 spiro atoms. The number of hydrogen-bond donors (Lipinski definition) is 1. The highest BCUT2D eigenvalue weighted by Gasteiger charge is 2.26. The number of benzene rings is 1. The van der Waals surface area contributed by atoms with E-state index in [-0.39, 0.29) is 0 Å². The topological polar surface area (TPSA) is 12.0 Å². The minimum atomic E-state index is 0.726. The highest BCUT2D eigenvalue weighted by molar-refractivity contribution is 5.22. The van der Waals surface area contributed by atoms with Crippen molar-refractivity contribution in [1.82, 2.24) is 5.32 Å². The maximum atomic E-state index is 3.79. The molecule has 1 nitrogen and oxygen atoms in total. The first-order valence-electron chi connectivity index (χ1n) is 7.46. The lowest BCUT2D eigenvalue weighted by molar-refractivity contribution is 0.210. The molecule has 1 aromatic rings. The maximum Gasteiger partial charge on any atom is 0.0118 e. The summed E-state index contributed by atoms with van der Waals surface area (Å²) in [5, 5.41) is 3.79. The third-order valence-corrected chi connectivity index (χ3v) is 4.42. The molecule has 1 fully saturated rings. The van der Waals surface area contributed by atoms with Crippen LogP contribution in [-0.2, 0) is 6.42 Å². The molecule has 18 heavy (non-hydrogen) atoms. The van der Waals surface area contributed by atoms with Crippen LogP contribution in [0.1, 0.15) is 44.2 Å². The first-order chi connectivity index (χ1) is 8.66. The van der Waals surface area contributed by atoms with Gasteiger partial charge in [-0.1, -0.05) is 50.1 Å². The first-order valence-corrected chi connectivity index (χ1v) is 7.46. The molecular formula is C17H27N. The third-order valence-electron chi connectivity index (χ3n) is 4.42. The van der Waals surface area contributed by atoms with E-state index in [2.05, 4.69) is 50.4 Å². The van der Waals surface area contributed by atoms with Crippen molar-refractivity contribution < 1.29 is 0 Å². The lowest BCUT2D eigenvalue weighted by Gasteiger charge is -2.35. The second-order valence-corrected chi connectivity index (χ2v) is 6.10. The van der Waals surface area contributed by atoms with Gasteiger partial charge in [0.05, 0.1) is 0 Å². The quantitative estimate of drug-likeness (QED) is 0.847. The van der Waals surface area contributed by atoms with Crippen molar-refractivity contribution in [2.45, 2.75) is 52.5 Å². The molecule has 2 rings (SSSR count). The fraction of sp³-hybridized carbons (Fsp3) is 0.647. The van der Waals surface area contributed by atoms with Crippen LogP contribution in [0.5, 0.6) is 0 Å². The van der Waals surface area contributed by atoms with Gasteiger partial charge in [0.1, 0.15) is 0 Å². The second-order valence-electron chi connectivity index (χ2n) is 6.10. The van der Waals surface area contributed by atoms with Crippen molar-refractivity contribution in [1.29, 1.82) is 0 Å². The van der Waals surface area contributed by atoms with E-state index in [1.165, 1.54) is 30.4 Å². The van der Waals surface area contributed by atoms with E-state index in [1.807, 2.05) is 0 Å². The largest absolute Gasteiger partial charge is 0.313 e. The summed E-state index contributed by atoms with van der Waals surface area (Å²) in [5.41, 5.74) is 2.82. The predicted molar refractivity (Wildman–Crippen MR) is 78.9 cm³/mol. The van der Waals surface area contributed by atoms with Crippen LogP contribution in [0.3, 0.4) is 0 Å². The molecule has 0 saturated heterocycles. The van der Waals surface area contributed by atoms with E-state index >= 15 is 0 Å². The van der Waals surface area contributed by atoms with Crippen LogP contribution >= 0.6 is 0 Å². The average molecular weight is 245 g/mol. The molecule has 100 valence electrons. The summed E-state index contributed by atoms with van der Waals surface area (Å²) in [6, 6.07) is 9.60. The summed E-state index contributed by atoms with van der Waals surface area (Å²) in [6.45, 7) is 8.09. The van der Waals surface area contributed by atoms with Crippen molar-refractivity contribution in [3.05, 3.63) is 35.4 Å². The Morgan fingerprint density at radius 3 is 2.56 bits per heavy atom. The first kappa shape index (κ1) is 13.6. The summed E-state index contributed by atoms with van der Waals surface area (Å²) in [4.78, 5) is 0. The standard InChI is InChI=1S/C17H27N/c1-13-6-4-9-16(12-13)10-11-18-17-14(2)7-5-8-15(17)3/h4,6,9,12,14-15,17-18H,5,7-8,10-11H2,1-3H3. The second kappa shape index (κ2) is 6.38. The molecule has 0 aliphatic heterocycles. The zero-order valence-corrected chi connectivity index (χ0v) is 12.1. The lowest BCUT2D eigenvalue weighted by Crippen LogP contribution is -2.43. The van der Waals surface area contributed by atoms with Crippen molar-refractivity contribution in [2.75, 3.05) is 6.54 Å². The van der Waals surface area contributed by atoms with Crippen molar-refractivity contribution in [2.24, 2.45) is 11.8 Å². The zero-order valence-electron chi connectivity index (χ0n) is 12.1. The van der Waals surface area contributed by atoms with Gasteiger partial charge in [-0.15, -0.1) is 0 Å². The van der Waals surface area contributed by atoms with Crippen LogP contribution < -0.4 is 5.32 Å². The van der Waals surface area contributed by atoms with Gasteiger partial charge in [0.2, 0.25) is 0 Å². The van der Waals surface area contributed by atoms with E-state index < -0.39 is 0 Å². The van der Waals surface area contributed by atoms with Crippen molar-refractivity contribution in [3.8, 4) is 0 Å². The molecule has 1 saturated carbocycles. The highest BCUT2D eigenvalue weighted by atomic mass is 14.9. The van der Waals surface area contributed by atoms with Crippen LogP contribution in [0.25, 0.3) is 0 Å². The highest BCUT2D eigenvalue weighted by Crippen LogP contribution is 2.28. The number of rotatable bonds is 4. The Labute approximate surface area is 112 Å². The summed E-state index contributed by atoms with van der Waals surface area (Å²) in [5.74, 6) is 1.68. The van der Waals surface area contributed by atoms with Crippen LogP contribution in [0, 0.1) is 18.8 Å². The van der Waals surface area contributed by atoms with Crippen LogP contribution in [0.15, 0.2) is 24.3 Å². The van der Waals surface area contributed by atoms with Crippen LogP contribution in [-0.4, -0.2) is 12.6 Å². The van der Waals surface area contributed by atoms with Gasteiger partial charge >= 0.3 is 0 Å². The Morgan fingerprint density at radius 1 is 1.17 bits per heavy atom. The van der Waals surface area contributed by atoms with Gasteiger partial charge in [-0.2, -0.15) is 0 Å². The van der Waals surface area contributed by atoms with Gasteiger partial charge in [-0.05, 0) is 50.1 Å². The van der Waals surface area contributed by atoms with Gasteiger partial charge < -0.3 is 5.32 Å². The molecule has 1 aliphatic rings. The van der Waals surface area contributed by atoms with Crippen LogP contribution in [0.4, 0.5) is 0 Å². The summed E-state index contributed by atoms with van der Waals surface area (Å²) >= 11 is 0. The minimum Gasteiger partial charge on any atom is -0.313 e. The summed E-state index contributed by atoms with van der Waals surface area (Å²) in [7, 11) is 0. The van der Waals surface area contributed by atoms with E-state index in [1.54, 1.807) is 0 Å². The lowest BCUT2D eigenvalue weighted by atomic mass is 9.78. The van der Waals surface area contributed by atoms with Gasteiger partial charge in [-0.3, -0.25) is 0 Å². The SMILES string of the molecule is Cc1cccc(CCNC2C(C)CCCC2C)c1.